The highest BCUT2D eigenvalue weighted by molar-refractivity contribution is 5.81. The van der Waals surface area contributed by atoms with Gasteiger partial charge in [0.05, 0.1) is 26.4 Å². The van der Waals surface area contributed by atoms with Gasteiger partial charge in [-0.25, -0.2) is 9.97 Å². The van der Waals surface area contributed by atoms with E-state index in [0.717, 1.165) is 56.4 Å². The van der Waals surface area contributed by atoms with Crippen molar-refractivity contribution in [2.45, 2.75) is 27.7 Å². The van der Waals surface area contributed by atoms with Gasteiger partial charge >= 0.3 is 0 Å². The molecule has 0 bridgehead atoms. The zero-order valence-electron chi connectivity index (χ0n) is 30.7. The summed E-state index contributed by atoms with van der Waals surface area (Å²) < 4.78 is 22.7. The fourth-order valence-electron chi connectivity index (χ4n) is 5.96. The largest absolute Gasteiger partial charge is 0.494 e. The molecule has 0 aliphatic rings. The molecule has 2 aromatic heterocycles. The summed E-state index contributed by atoms with van der Waals surface area (Å²) in [6.45, 7) is 10.2. The lowest BCUT2D eigenvalue weighted by Crippen LogP contribution is -2.01. The SMILES string of the molecule is CCOc1ccc(-c2nnc(-c3ccc(-c4nnc(-c5ccc(OCC)cc5)c(-c5ccc(OCC)cc5)n4)cc3)nc2-c2ccc(OCC)cc2)cc1. The minimum Gasteiger partial charge on any atom is -0.494 e. The number of nitrogens with zero attached hydrogens (tertiary/aromatic N) is 6. The van der Waals surface area contributed by atoms with Crippen molar-refractivity contribution < 1.29 is 18.9 Å². The third-order valence-electron chi connectivity index (χ3n) is 8.53. The summed E-state index contributed by atoms with van der Waals surface area (Å²) in [5.41, 5.74) is 7.87. The van der Waals surface area contributed by atoms with Crippen LogP contribution in [0.3, 0.4) is 0 Å². The molecule has 10 heteroatoms. The van der Waals surface area contributed by atoms with E-state index in [2.05, 4.69) is 10.2 Å². The molecular weight excluding hydrogens is 677 g/mol. The summed E-state index contributed by atoms with van der Waals surface area (Å²) in [4.78, 5) is 10.1. The molecule has 7 rings (SSSR count). The van der Waals surface area contributed by atoms with Gasteiger partial charge in [0.2, 0.25) is 0 Å². The van der Waals surface area contributed by atoms with Crippen LogP contribution in [0.5, 0.6) is 23.0 Å². The van der Waals surface area contributed by atoms with Gasteiger partial charge < -0.3 is 18.9 Å². The first-order chi connectivity index (χ1) is 26.6. The van der Waals surface area contributed by atoms with E-state index >= 15 is 0 Å². The van der Waals surface area contributed by atoms with Crippen molar-refractivity contribution in [3.05, 3.63) is 121 Å². The van der Waals surface area contributed by atoms with E-state index in [1.54, 1.807) is 0 Å². The maximum absolute atomic E-state index is 5.69. The van der Waals surface area contributed by atoms with Crippen molar-refractivity contribution in [2.75, 3.05) is 26.4 Å². The zero-order valence-corrected chi connectivity index (χ0v) is 30.7. The lowest BCUT2D eigenvalue weighted by molar-refractivity contribution is 0.340. The summed E-state index contributed by atoms with van der Waals surface area (Å²) in [6.07, 6.45) is 0. The molecule has 2 heterocycles. The Bertz CT molecular complexity index is 2130. The second-order valence-corrected chi connectivity index (χ2v) is 12.1. The van der Waals surface area contributed by atoms with Crippen LogP contribution >= 0.6 is 0 Å². The average molecular weight is 717 g/mol. The molecule has 54 heavy (non-hydrogen) atoms. The Morgan fingerprint density at radius 3 is 0.796 bits per heavy atom. The van der Waals surface area contributed by atoms with Crippen molar-refractivity contribution in [3.8, 4) is 90.8 Å². The zero-order chi connectivity index (χ0) is 37.3. The van der Waals surface area contributed by atoms with Gasteiger partial charge in [-0.3, -0.25) is 0 Å². The number of benzene rings is 5. The molecule has 0 radical (unpaired) electrons. The topological polar surface area (TPSA) is 114 Å². The highest BCUT2D eigenvalue weighted by Crippen LogP contribution is 2.34. The first-order valence-electron chi connectivity index (χ1n) is 18.1. The first-order valence-corrected chi connectivity index (χ1v) is 18.1. The first kappa shape index (κ1) is 35.7. The van der Waals surface area contributed by atoms with Crippen molar-refractivity contribution in [3.63, 3.8) is 0 Å². The molecule has 0 spiro atoms. The maximum atomic E-state index is 5.69. The second kappa shape index (κ2) is 16.8. The van der Waals surface area contributed by atoms with Gasteiger partial charge in [-0.15, -0.1) is 20.4 Å². The summed E-state index contributed by atoms with van der Waals surface area (Å²) in [5, 5.41) is 18.5. The fourth-order valence-corrected chi connectivity index (χ4v) is 5.96. The smallest absolute Gasteiger partial charge is 0.182 e. The normalized spacial score (nSPS) is 10.9. The standard InChI is InChI=1S/C44H40N6O4/c1-5-51-35-21-13-29(14-22-35)39-41(31-17-25-37(26-18-31)53-7-3)47-49-43(45-39)33-9-11-34(12-10-33)44-46-40(30-15-23-36(24-16-30)52-6-2)42(48-50-44)32-19-27-38(28-20-32)54-8-4/h9-28H,5-8H2,1-4H3. The number of hydrogen-bond donors (Lipinski definition) is 0. The van der Waals surface area contributed by atoms with Gasteiger partial charge in [0.15, 0.2) is 11.6 Å². The van der Waals surface area contributed by atoms with Crippen LogP contribution in [0, 0.1) is 0 Å². The van der Waals surface area contributed by atoms with Crippen LogP contribution in [-0.2, 0) is 0 Å². The van der Waals surface area contributed by atoms with E-state index < -0.39 is 0 Å². The van der Waals surface area contributed by atoms with Gasteiger partial charge in [0.1, 0.15) is 45.8 Å². The van der Waals surface area contributed by atoms with E-state index in [-0.39, 0.29) is 0 Å². The molecule has 0 atom stereocenters. The summed E-state index contributed by atoms with van der Waals surface area (Å²) in [6, 6.07) is 39.1. The van der Waals surface area contributed by atoms with E-state index in [4.69, 9.17) is 39.1 Å². The predicted octanol–water partition coefficient (Wildman–Crippen LogP) is 9.65. The molecule has 270 valence electrons. The second-order valence-electron chi connectivity index (χ2n) is 12.1. The van der Waals surface area contributed by atoms with Crippen molar-refractivity contribution >= 4 is 0 Å². The molecule has 5 aromatic carbocycles. The molecule has 0 amide bonds. The molecule has 0 saturated heterocycles. The number of hydrogen-bond acceptors (Lipinski definition) is 10. The third-order valence-corrected chi connectivity index (χ3v) is 8.53. The number of ether oxygens (including phenoxy) is 4. The number of rotatable bonds is 14. The van der Waals surface area contributed by atoms with Gasteiger partial charge in [0, 0.05) is 33.4 Å². The molecule has 0 aliphatic heterocycles. The average Bonchev–Trinajstić information content (AvgIpc) is 3.22. The van der Waals surface area contributed by atoms with E-state index in [9.17, 15) is 0 Å². The third kappa shape index (κ3) is 8.03. The fraction of sp³-hybridized carbons (Fsp3) is 0.182. The summed E-state index contributed by atoms with van der Waals surface area (Å²) in [7, 11) is 0. The summed E-state index contributed by atoms with van der Waals surface area (Å²) in [5.74, 6) is 4.13. The lowest BCUT2D eigenvalue weighted by atomic mass is 10.0. The van der Waals surface area contributed by atoms with Crippen LogP contribution in [0.15, 0.2) is 121 Å². The Morgan fingerprint density at radius 2 is 0.537 bits per heavy atom. The minimum atomic E-state index is 0.486. The molecular formula is C44H40N6O4. The van der Waals surface area contributed by atoms with Crippen LogP contribution in [0.25, 0.3) is 67.8 Å². The summed E-state index contributed by atoms with van der Waals surface area (Å²) >= 11 is 0. The minimum absolute atomic E-state index is 0.486. The Hall–Kier alpha value is -6.68. The number of aromatic nitrogens is 6. The van der Waals surface area contributed by atoms with Gasteiger partial charge in [-0.2, -0.15) is 0 Å². The van der Waals surface area contributed by atoms with E-state index in [1.165, 1.54) is 0 Å². The molecule has 7 aromatic rings. The monoisotopic (exact) mass is 716 g/mol. The van der Waals surface area contributed by atoms with Gasteiger partial charge in [-0.1, -0.05) is 24.3 Å². The quantitative estimate of drug-likeness (QED) is 0.108. The van der Waals surface area contributed by atoms with Gasteiger partial charge in [0.25, 0.3) is 0 Å². The molecule has 0 unspecified atom stereocenters. The highest BCUT2D eigenvalue weighted by Gasteiger charge is 2.18. The molecule has 0 fully saturated rings. The van der Waals surface area contributed by atoms with E-state index in [0.29, 0.717) is 60.9 Å². The Balaban J connectivity index is 1.24. The Labute approximate surface area is 314 Å². The van der Waals surface area contributed by atoms with Crippen LogP contribution in [-0.4, -0.2) is 56.8 Å². The Morgan fingerprint density at radius 1 is 0.296 bits per heavy atom. The van der Waals surface area contributed by atoms with Crippen LogP contribution in [0.2, 0.25) is 0 Å². The molecule has 10 nitrogen and oxygen atoms in total. The van der Waals surface area contributed by atoms with Crippen LogP contribution < -0.4 is 18.9 Å². The molecule has 0 N–H and O–H groups in total. The van der Waals surface area contributed by atoms with Crippen molar-refractivity contribution in [2.24, 2.45) is 0 Å². The highest BCUT2D eigenvalue weighted by atomic mass is 16.5. The van der Waals surface area contributed by atoms with Crippen LogP contribution in [0.4, 0.5) is 0 Å². The lowest BCUT2D eigenvalue weighted by Gasteiger charge is -2.12. The molecule has 0 saturated carbocycles. The Kier molecular flexibility index (Phi) is 11.1. The van der Waals surface area contributed by atoms with Gasteiger partial charge in [-0.05, 0) is 125 Å². The van der Waals surface area contributed by atoms with Crippen LogP contribution in [0.1, 0.15) is 27.7 Å². The van der Waals surface area contributed by atoms with Crippen molar-refractivity contribution in [1.29, 1.82) is 0 Å². The maximum Gasteiger partial charge on any atom is 0.182 e. The molecule has 0 aliphatic carbocycles. The van der Waals surface area contributed by atoms with Crippen molar-refractivity contribution in [1.82, 2.24) is 30.4 Å². The predicted molar refractivity (Wildman–Crippen MR) is 211 cm³/mol. The van der Waals surface area contributed by atoms with E-state index in [1.807, 2.05) is 149 Å².